The fourth-order valence-corrected chi connectivity index (χ4v) is 13.1. The number of hydrogen-bond donors (Lipinski definition) is 3. The minimum absolute atomic E-state index is 0.102. The van der Waals surface area contributed by atoms with Crippen molar-refractivity contribution in [3.63, 3.8) is 0 Å². The second kappa shape index (κ2) is 65.4. The highest BCUT2D eigenvalue weighted by Gasteiger charge is 2.30. The van der Waals surface area contributed by atoms with Gasteiger partial charge in [0.2, 0.25) is 0 Å². The van der Waals surface area contributed by atoms with Gasteiger partial charge in [0.05, 0.1) is 26.4 Å². The molecule has 0 aromatic heterocycles. The molecule has 7 atom stereocenters. The lowest BCUT2D eigenvalue weighted by molar-refractivity contribution is -0.161. The summed E-state index contributed by atoms with van der Waals surface area (Å²) in [7, 11) is -9.91. The first-order valence-corrected chi connectivity index (χ1v) is 42.3. The highest BCUT2D eigenvalue weighted by atomic mass is 31.2. The van der Waals surface area contributed by atoms with E-state index in [4.69, 9.17) is 37.0 Å². The molecule has 0 aliphatic rings. The monoisotopic (exact) mass is 1400 g/mol. The Morgan fingerprint density at radius 2 is 0.505 bits per heavy atom. The van der Waals surface area contributed by atoms with E-state index in [0.717, 1.165) is 108 Å². The van der Waals surface area contributed by atoms with Crippen molar-refractivity contribution in [3.8, 4) is 0 Å². The van der Waals surface area contributed by atoms with Gasteiger partial charge in [0, 0.05) is 25.7 Å². The van der Waals surface area contributed by atoms with Gasteiger partial charge in [-0.3, -0.25) is 37.3 Å². The van der Waals surface area contributed by atoms with Gasteiger partial charge >= 0.3 is 39.5 Å². The Bertz CT molecular complexity index is 1870. The van der Waals surface area contributed by atoms with Crippen molar-refractivity contribution in [1.29, 1.82) is 0 Å². The molecule has 4 unspecified atom stereocenters. The fraction of sp³-hybridized carbons (Fsp3) is 0.947. The lowest BCUT2D eigenvalue weighted by Crippen LogP contribution is -2.30. The number of unbranched alkanes of at least 4 members (excludes halogenated alkanes) is 37. The fourth-order valence-electron chi connectivity index (χ4n) is 11.5. The molecular formula is C76H148O17P2. The van der Waals surface area contributed by atoms with Crippen molar-refractivity contribution >= 4 is 39.5 Å². The van der Waals surface area contributed by atoms with Crippen LogP contribution in [0.4, 0.5) is 0 Å². The highest BCUT2D eigenvalue weighted by Crippen LogP contribution is 2.45. The molecule has 17 nitrogen and oxygen atoms in total. The van der Waals surface area contributed by atoms with Crippen molar-refractivity contribution in [3.05, 3.63) is 0 Å². The van der Waals surface area contributed by atoms with E-state index in [1.165, 1.54) is 180 Å². The van der Waals surface area contributed by atoms with Crippen molar-refractivity contribution in [2.75, 3.05) is 39.6 Å². The number of carbonyl (C=O) groups excluding carboxylic acids is 4. The van der Waals surface area contributed by atoms with Crippen LogP contribution in [0.3, 0.4) is 0 Å². The second-order valence-corrected chi connectivity index (χ2v) is 31.7. The first-order chi connectivity index (χ1) is 45.7. The Morgan fingerprint density at radius 3 is 0.747 bits per heavy atom. The molecule has 0 fully saturated rings. The molecule has 0 radical (unpaired) electrons. The number of rotatable bonds is 73. The zero-order valence-electron chi connectivity index (χ0n) is 62.3. The lowest BCUT2D eigenvalue weighted by Gasteiger charge is -2.21. The zero-order valence-corrected chi connectivity index (χ0v) is 64.1. The maximum Gasteiger partial charge on any atom is 0.472 e. The molecule has 0 saturated carbocycles. The van der Waals surface area contributed by atoms with Gasteiger partial charge in [0.1, 0.15) is 19.3 Å². The molecule has 0 aliphatic heterocycles. The van der Waals surface area contributed by atoms with E-state index in [1.54, 1.807) is 0 Å². The van der Waals surface area contributed by atoms with Crippen molar-refractivity contribution in [2.45, 2.75) is 401 Å². The van der Waals surface area contributed by atoms with Gasteiger partial charge in [-0.1, -0.05) is 331 Å². The Kier molecular flexibility index (Phi) is 64.0. The SMILES string of the molecule is CCC(C)CCCCCCCCCCCCCCCCC(=O)OC[C@H](COP(=O)(O)OC[C@@H](O)COP(=O)(O)OC[C@@H](COC(=O)CCCCCCCCC(C)C)OC(=O)CCCCCCCCCC(C)C)OC(=O)CCCCCCCCCCCCCCCCC(C)CC. The average Bonchev–Trinajstić information content (AvgIpc) is 1.56. The Labute approximate surface area is 581 Å². The van der Waals surface area contributed by atoms with Crippen LogP contribution < -0.4 is 0 Å². The van der Waals surface area contributed by atoms with Crippen LogP contribution in [0, 0.1) is 23.7 Å². The second-order valence-electron chi connectivity index (χ2n) is 28.8. The third-order valence-corrected chi connectivity index (χ3v) is 20.2. The lowest BCUT2D eigenvalue weighted by atomic mass is 9.99. The largest absolute Gasteiger partial charge is 0.472 e. The summed E-state index contributed by atoms with van der Waals surface area (Å²) in [6, 6.07) is 0. The third-order valence-electron chi connectivity index (χ3n) is 18.3. The van der Waals surface area contributed by atoms with E-state index >= 15 is 0 Å². The Morgan fingerprint density at radius 1 is 0.295 bits per heavy atom. The summed E-state index contributed by atoms with van der Waals surface area (Å²) in [6.07, 6.45) is 50.2. The summed E-state index contributed by atoms with van der Waals surface area (Å²) in [4.78, 5) is 72.7. The van der Waals surface area contributed by atoms with Crippen molar-refractivity contribution in [1.82, 2.24) is 0 Å². The van der Waals surface area contributed by atoms with Crippen LogP contribution in [0.25, 0.3) is 0 Å². The first-order valence-electron chi connectivity index (χ1n) is 39.3. The van der Waals surface area contributed by atoms with Crippen LogP contribution in [0.5, 0.6) is 0 Å². The van der Waals surface area contributed by atoms with Gasteiger partial charge in [0.25, 0.3) is 0 Å². The molecule has 0 aromatic carbocycles. The summed E-state index contributed by atoms with van der Waals surface area (Å²) in [5.41, 5.74) is 0. The van der Waals surface area contributed by atoms with Crippen LogP contribution >= 0.6 is 15.6 Å². The van der Waals surface area contributed by atoms with E-state index in [9.17, 15) is 43.2 Å². The molecule has 19 heteroatoms. The number of phosphoric ester groups is 2. The normalized spacial score (nSPS) is 14.7. The number of aliphatic hydroxyl groups excluding tert-OH is 1. The molecule has 95 heavy (non-hydrogen) atoms. The van der Waals surface area contributed by atoms with E-state index in [2.05, 4.69) is 55.4 Å². The van der Waals surface area contributed by atoms with E-state index < -0.39 is 97.5 Å². The topological polar surface area (TPSA) is 237 Å². The zero-order chi connectivity index (χ0) is 70.3. The summed E-state index contributed by atoms with van der Waals surface area (Å²) in [5, 5.41) is 10.6. The highest BCUT2D eigenvalue weighted by molar-refractivity contribution is 7.47. The molecule has 3 N–H and O–H groups in total. The minimum atomic E-state index is -4.96. The minimum Gasteiger partial charge on any atom is -0.462 e. The van der Waals surface area contributed by atoms with Gasteiger partial charge in [0.15, 0.2) is 12.2 Å². The quantitative estimate of drug-likeness (QED) is 0.0222. The first kappa shape index (κ1) is 93.1. The predicted octanol–water partition coefficient (Wildman–Crippen LogP) is 22.0. The molecule has 564 valence electrons. The van der Waals surface area contributed by atoms with Crippen molar-refractivity contribution < 1.29 is 80.2 Å². The molecule has 0 rings (SSSR count). The van der Waals surface area contributed by atoms with E-state index in [0.29, 0.717) is 37.5 Å². The molecule has 0 aromatic rings. The molecule has 0 aliphatic carbocycles. The van der Waals surface area contributed by atoms with Gasteiger partial charge in [-0.25, -0.2) is 9.13 Å². The van der Waals surface area contributed by atoms with E-state index in [1.807, 2.05) is 0 Å². The maximum absolute atomic E-state index is 13.1. The van der Waals surface area contributed by atoms with Crippen molar-refractivity contribution in [2.24, 2.45) is 23.7 Å². The summed E-state index contributed by atoms with van der Waals surface area (Å²) < 4.78 is 68.4. The smallest absolute Gasteiger partial charge is 0.462 e. The molecular weight excluding hydrogens is 1250 g/mol. The number of hydrogen-bond acceptors (Lipinski definition) is 15. The maximum atomic E-state index is 13.1. The van der Waals surface area contributed by atoms with Crippen LogP contribution in [0.1, 0.15) is 383 Å². The van der Waals surface area contributed by atoms with Crippen LogP contribution in [0.2, 0.25) is 0 Å². The van der Waals surface area contributed by atoms with Crippen LogP contribution in [-0.4, -0.2) is 96.7 Å². The van der Waals surface area contributed by atoms with Gasteiger partial charge in [-0.05, 0) is 49.4 Å². The summed E-state index contributed by atoms with van der Waals surface area (Å²) in [5.74, 6) is 0.946. The number of carbonyl (C=O) groups is 4. The molecule has 0 saturated heterocycles. The molecule has 0 heterocycles. The Hall–Kier alpha value is -1.94. The average molecular weight is 1400 g/mol. The van der Waals surface area contributed by atoms with Gasteiger partial charge in [-0.2, -0.15) is 0 Å². The molecule has 0 bridgehead atoms. The summed E-state index contributed by atoms with van der Waals surface area (Å²) in [6.45, 7) is 14.2. The summed E-state index contributed by atoms with van der Waals surface area (Å²) >= 11 is 0. The van der Waals surface area contributed by atoms with Crippen LogP contribution in [-0.2, 0) is 65.4 Å². The van der Waals surface area contributed by atoms with E-state index in [-0.39, 0.29) is 25.7 Å². The number of aliphatic hydroxyl groups is 1. The van der Waals surface area contributed by atoms with Gasteiger partial charge in [-0.15, -0.1) is 0 Å². The third kappa shape index (κ3) is 67.6. The van der Waals surface area contributed by atoms with Gasteiger partial charge < -0.3 is 33.8 Å². The number of ether oxygens (including phenoxy) is 4. The predicted molar refractivity (Wildman–Crippen MR) is 386 cm³/mol. The molecule has 0 spiro atoms. The standard InChI is InChI=1S/C76H148O17P2/c1-9-68(7)54-46-38-29-23-19-15-11-13-17-21-25-31-40-48-56-73(78)86-62-71(92-75(80)58-50-42-32-26-22-18-14-12-16-20-24-30-39-47-55-69(8)10-2)64-90-94(82,83)88-60-70(77)61-89-95(84,85)91-65-72(63-87-74(79)57-49-41-35-34-37-45-53-67(5)6)93-76(81)59-51-43-33-27-28-36-44-52-66(3)4/h66-72,77H,9-65H2,1-8H3,(H,82,83)(H,84,85)/t68?,69?,70-,71-,72-/m1/s1. The molecule has 0 amide bonds. The number of phosphoric acid groups is 2. The number of esters is 4. The van der Waals surface area contributed by atoms with Crippen LogP contribution in [0.15, 0.2) is 0 Å². The Balaban J connectivity index is 5.22.